The Bertz CT molecular complexity index is 528. The molecule has 2 aromatic carbocycles. The van der Waals surface area contributed by atoms with Gasteiger partial charge in [-0.05, 0) is 16.3 Å². The van der Waals surface area contributed by atoms with Gasteiger partial charge in [-0.25, -0.2) is 0 Å². The van der Waals surface area contributed by atoms with Gasteiger partial charge in [0.1, 0.15) is 5.78 Å². The number of Topliss-reactive ketones (excluding diaryl/α,β-unsaturated/α-hetero) is 1. The van der Waals surface area contributed by atoms with E-state index in [1.165, 1.54) is 5.39 Å². The fraction of sp³-hybridized carbons (Fsp3) is 0.267. The van der Waals surface area contributed by atoms with Crippen molar-refractivity contribution in [3.63, 3.8) is 0 Å². The minimum absolute atomic E-state index is 0.0611. The van der Waals surface area contributed by atoms with Crippen molar-refractivity contribution < 1.29 is 4.79 Å². The number of carbonyl (C=O) groups excluding carboxylic acids is 1. The van der Waals surface area contributed by atoms with Gasteiger partial charge in [-0.3, -0.25) is 4.79 Å². The Kier molecular flexibility index (Phi) is 3.55. The van der Waals surface area contributed by atoms with Crippen LogP contribution >= 0.6 is 0 Å². The number of rotatable bonds is 4. The van der Waals surface area contributed by atoms with Crippen molar-refractivity contribution in [1.29, 1.82) is 0 Å². The molecule has 0 heterocycles. The molecule has 0 aliphatic heterocycles. The standard InChI is InChI=1S/C15H17NO/c1-11(10-16)15(17)9-13-7-4-6-12-5-2-3-8-14(12)13/h2-8,11H,9-10,16H2,1H3. The van der Waals surface area contributed by atoms with Crippen molar-refractivity contribution >= 4 is 16.6 Å². The van der Waals surface area contributed by atoms with E-state index in [-0.39, 0.29) is 11.7 Å². The van der Waals surface area contributed by atoms with Crippen LogP contribution in [0.4, 0.5) is 0 Å². The molecule has 2 aromatic rings. The van der Waals surface area contributed by atoms with Crippen LogP contribution in [0.5, 0.6) is 0 Å². The molecule has 0 bridgehead atoms. The van der Waals surface area contributed by atoms with Gasteiger partial charge in [-0.15, -0.1) is 0 Å². The summed E-state index contributed by atoms with van der Waals surface area (Å²) in [6.45, 7) is 2.30. The lowest BCUT2D eigenvalue weighted by molar-refractivity contribution is -0.121. The maximum Gasteiger partial charge on any atom is 0.141 e. The quantitative estimate of drug-likeness (QED) is 0.872. The molecule has 0 saturated heterocycles. The van der Waals surface area contributed by atoms with Gasteiger partial charge < -0.3 is 5.73 Å². The smallest absolute Gasteiger partial charge is 0.141 e. The molecule has 0 spiro atoms. The number of hydrogen-bond acceptors (Lipinski definition) is 2. The first-order valence-electron chi connectivity index (χ1n) is 5.92. The molecule has 88 valence electrons. The number of fused-ring (bicyclic) bond motifs is 1. The zero-order valence-corrected chi connectivity index (χ0v) is 10.0. The molecule has 1 unspecified atom stereocenters. The van der Waals surface area contributed by atoms with E-state index in [1.54, 1.807) is 0 Å². The third-order valence-corrected chi connectivity index (χ3v) is 3.15. The molecule has 0 amide bonds. The number of carbonyl (C=O) groups is 1. The van der Waals surface area contributed by atoms with Crippen LogP contribution in [0.2, 0.25) is 0 Å². The van der Waals surface area contributed by atoms with E-state index in [4.69, 9.17) is 5.73 Å². The van der Waals surface area contributed by atoms with E-state index in [1.807, 2.05) is 31.2 Å². The number of ketones is 1. The molecule has 1 atom stereocenters. The van der Waals surface area contributed by atoms with E-state index in [9.17, 15) is 4.79 Å². The summed E-state index contributed by atoms with van der Waals surface area (Å²) in [4.78, 5) is 11.9. The lowest BCUT2D eigenvalue weighted by atomic mass is 9.96. The molecule has 0 aliphatic carbocycles. The highest BCUT2D eigenvalue weighted by Crippen LogP contribution is 2.19. The van der Waals surface area contributed by atoms with Crippen LogP contribution in [0, 0.1) is 5.92 Å². The fourth-order valence-electron chi connectivity index (χ4n) is 1.94. The molecule has 2 N–H and O–H groups in total. The summed E-state index contributed by atoms with van der Waals surface area (Å²) in [5, 5.41) is 2.34. The van der Waals surface area contributed by atoms with Gasteiger partial charge in [0.05, 0.1) is 0 Å². The van der Waals surface area contributed by atoms with Crippen molar-refractivity contribution in [3.8, 4) is 0 Å². The molecular formula is C15H17NO. The highest BCUT2D eigenvalue weighted by atomic mass is 16.1. The van der Waals surface area contributed by atoms with Crippen molar-refractivity contribution in [3.05, 3.63) is 48.0 Å². The third-order valence-electron chi connectivity index (χ3n) is 3.15. The molecule has 0 radical (unpaired) electrons. The van der Waals surface area contributed by atoms with Crippen LogP contribution in [-0.4, -0.2) is 12.3 Å². The van der Waals surface area contributed by atoms with Gasteiger partial charge in [-0.1, -0.05) is 49.4 Å². The Morgan fingerprint density at radius 2 is 1.88 bits per heavy atom. The second-order valence-electron chi connectivity index (χ2n) is 4.42. The highest BCUT2D eigenvalue weighted by Gasteiger charge is 2.12. The zero-order chi connectivity index (χ0) is 12.3. The van der Waals surface area contributed by atoms with Crippen LogP contribution in [-0.2, 0) is 11.2 Å². The summed E-state index contributed by atoms with van der Waals surface area (Å²) in [6.07, 6.45) is 0.472. The van der Waals surface area contributed by atoms with Gasteiger partial charge in [0.25, 0.3) is 0 Å². The monoisotopic (exact) mass is 227 g/mol. The Balaban J connectivity index is 2.33. The van der Waals surface area contributed by atoms with Crippen LogP contribution < -0.4 is 5.73 Å². The number of nitrogens with two attached hydrogens (primary N) is 1. The normalized spacial score (nSPS) is 12.6. The summed E-state index contributed by atoms with van der Waals surface area (Å²) in [5.74, 6) is 0.151. The van der Waals surface area contributed by atoms with Crippen LogP contribution in [0.3, 0.4) is 0 Å². The first-order valence-corrected chi connectivity index (χ1v) is 5.92. The zero-order valence-electron chi connectivity index (χ0n) is 10.0. The first-order chi connectivity index (χ1) is 8.22. The van der Waals surface area contributed by atoms with Crippen LogP contribution in [0.15, 0.2) is 42.5 Å². The second kappa shape index (κ2) is 5.11. The van der Waals surface area contributed by atoms with Crippen molar-refractivity contribution in [1.82, 2.24) is 0 Å². The Hall–Kier alpha value is -1.67. The molecular weight excluding hydrogens is 210 g/mol. The molecule has 0 fully saturated rings. The van der Waals surface area contributed by atoms with E-state index < -0.39 is 0 Å². The lowest BCUT2D eigenvalue weighted by Crippen LogP contribution is -2.22. The van der Waals surface area contributed by atoms with Crippen LogP contribution in [0.1, 0.15) is 12.5 Å². The average Bonchev–Trinajstić information content (AvgIpc) is 2.38. The van der Waals surface area contributed by atoms with Gasteiger partial charge in [0.15, 0.2) is 0 Å². The lowest BCUT2D eigenvalue weighted by Gasteiger charge is -2.09. The van der Waals surface area contributed by atoms with E-state index in [0.717, 1.165) is 10.9 Å². The van der Waals surface area contributed by atoms with Gasteiger partial charge >= 0.3 is 0 Å². The van der Waals surface area contributed by atoms with Gasteiger partial charge in [0.2, 0.25) is 0 Å². The minimum atomic E-state index is -0.0611. The van der Waals surface area contributed by atoms with Gasteiger partial charge in [-0.2, -0.15) is 0 Å². The Labute approximate surface area is 101 Å². The summed E-state index contributed by atoms with van der Waals surface area (Å²) < 4.78 is 0. The summed E-state index contributed by atoms with van der Waals surface area (Å²) in [7, 11) is 0. The molecule has 2 nitrogen and oxygen atoms in total. The van der Waals surface area contributed by atoms with Crippen molar-refractivity contribution in [2.24, 2.45) is 11.7 Å². The first kappa shape index (κ1) is 11.8. The second-order valence-corrected chi connectivity index (χ2v) is 4.42. The maximum atomic E-state index is 11.9. The van der Waals surface area contributed by atoms with E-state index >= 15 is 0 Å². The fourth-order valence-corrected chi connectivity index (χ4v) is 1.94. The summed E-state index contributed by atoms with van der Waals surface area (Å²) >= 11 is 0. The predicted molar refractivity (Wildman–Crippen MR) is 70.9 cm³/mol. The Morgan fingerprint density at radius 1 is 1.18 bits per heavy atom. The molecule has 17 heavy (non-hydrogen) atoms. The average molecular weight is 227 g/mol. The van der Waals surface area contributed by atoms with Crippen molar-refractivity contribution in [2.45, 2.75) is 13.3 Å². The topological polar surface area (TPSA) is 43.1 Å². The number of hydrogen-bond donors (Lipinski definition) is 1. The van der Waals surface area contributed by atoms with Gasteiger partial charge in [0, 0.05) is 18.9 Å². The summed E-state index contributed by atoms with van der Waals surface area (Å²) in [5.41, 5.74) is 6.61. The third kappa shape index (κ3) is 2.53. The maximum absolute atomic E-state index is 11.9. The number of benzene rings is 2. The van der Waals surface area contributed by atoms with E-state index in [2.05, 4.69) is 18.2 Å². The summed E-state index contributed by atoms with van der Waals surface area (Å²) in [6, 6.07) is 14.2. The van der Waals surface area contributed by atoms with Crippen LogP contribution in [0.25, 0.3) is 10.8 Å². The van der Waals surface area contributed by atoms with Crippen molar-refractivity contribution in [2.75, 3.05) is 6.54 Å². The Morgan fingerprint density at radius 3 is 2.65 bits per heavy atom. The molecule has 0 aromatic heterocycles. The minimum Gasteiger partial charge on any atom is -0.330 e. The largest absolute Gasteiger partial charge is 0.330 e. The predicted octanol–water partition coefficient (Wildman–Crippen LogP) is 2.55. The highest BCUT2D eigenvalue weighted by molar-refractivity contribution is 5.91. The molecule has 0 saturated carbocycles. The molecule has 2 rings (SSSR count). The molecule has 2 heteroatoms. The SMILES string of the molecule is CC(CN)C(=O)Cc1cccc2ccccc12. The van der Waals surface area contributed by atoms with E-state index in [0.29, 0.717) is 13.0 Å². The molecule has 0 aliphatic rings.